The van der Waals surface area contributed by atoms with Gasteiger partial charge in [0.1, 0.15) is 5.75 Å². The smallest absolute Gasteiger partial charge is 0.264 e. The number of ether oxygens (including phenoxy) is 1. The summed E-state index contributed by atoms with van der Waals surface area (Å²) in [6.07, 6.45) is 2.27. The van der Waals surface area contributed by atoms with Gasteiger partial charge >= 0.3 is 0 Å². The maximum absolute atomic E-state index is 13.6. The minimum Gasteiger partial charge on any atom is -0.497 e. The van der Waals surface area contributed by atoms with Crippen LogP contribution in [0.15, 0.2) is 47.4 Å². The minimum absolute atomic E-state index is 0.000323. The molecule has 0 aliphatic carbocycles. The molecule has 0 N–H and O–H groups in total. The first-order valence-electron chi connectivity index (χ1n) is 10.7. The summed E-state index contributed by atoms with van der Waals surface area (Å²) in [7, 11) is -2.26. The largest absolute Gasteiger partial charge is 0.497 e. The fourth-order valence-corrected chi connectivity index (χ4v) is 5.46. The van der Waals surface area contributed by atoms with Crippen LogP contribution in [0.5, 0.6) is 5.75 Å². The zero-order valence-electron chi connectivity index (χ0n) is 18.8. The normalized spacial score (nSPS) is 16.8. The van der Waals surface area contributed by atoms with Crippen LogP contribution in [0.4, 0.5) is 5.69 Å². The highest BCUT2D eigenvalue weighted by molar-refractivity contribution is 7.92. The Bertz CT molecular complexity index is 1020. The van der Waals surface area contributed by atoms with E-state index in [1.807, 2.05) is 24.8 Å². The molecule has 0 saturated carbocycles. The molecule has 1 fully saturated rings. The first kappa shape index (κ1) is 23.1. The van der Waals surface area contributed by atoms with Gasteiger partial charge in [-0.2, -0.15) is 0 Å². The number of rotatable bonds is 7. The van der Waals surface area contributed by atoms with Crippen molar-refractivity contribution < 1.29 is 17.9 Å². The summed E-state index contributed by atoms with van der Waals surface area (Å²) in [5.41, 5.74) is 2.46. The van der Waals surface area contributed by atoms with Crippen molar-refractivity contribution >= 4 is 21.6 Å². The zero-order valence-corrected chi connectivity index (χ0v) is 19.6. The summed E-state index contributed by atoms with van der Waals surface area (Å²) in [4.78, 5) is 14.9. The number of hydrogen-bond donors (Lipinski definition) is 0. The van der Waals surface area contributed by atoms with Crippen LogP contribution in [0.1, 0.15) is 37.3 Å². The first-order valence-corrected chi connectivity index (χ1v) is 12.2. The minimum atomic E-state index is -3.83. The summed E-state index contributed by atoms with van der Waals surface area (Å²) in [5, 5.41) is 0. The van der Waals surface area contributed by atoms with Gasteiger partial charge in [0.2, 0.25) is 5.91 Å². The average Bonchev–Trinajstić information content (AvgIpc) is 2.75. The van der Waals surface area contributed by atoms with E-state index in [0.29, 0.717) is 17.4 Å². The highest BCUT2D eigenvalue weighted by Crippen LogP contribution is 2.27. The van der Waals surface area contributed by atoms with Gasteiger partial charge in [-0.05, 0) is 80.1 Å². The number of likely N-dealkylation sites (tertiary alicyclic amines) is 1. The van der Waals surface area contributed by atoms with Crippen molar-refractivity contribution in [2.45, 2.75) is 44.9 Å². The number of methoxy groups -OCH3 is 1. The van der Waals surface area contributed by atoms with Gasteiger partial charge in [-0.15, -0.1) is 0 Å². The maximum Gasteiger partial charge on any atom is 0.264 e. The maximum atomic E-state index is 13.6. The van der Waals surface area contributed by atoms with E-state index < -0.39 is 10.0 Å². The van der Waals surface area contributed by atoms with Crippen molar-refractivity contribution in [1.29, 1.82) is 0 Å². The molecule has 0 radical (unpaired) electrons. The Labute approximate surface area is 185 Å². The predicted octanol–water partition coefficient (Wildman–Crippen LogP) is 4.16. The lowest BCUT2D eigenvalue weighted by Crippen LogP contribution is -2.41. The van der Waals surface area contributed by atoms with Gasteiger partial charge in [0, 0.05) is 26.1 Å². The molecule has 2 aromatic rings. The highest BCUT2D eigenvalue weighted by Gasteiger charge is 2.28. The second-order valence-corrected chi connectivity index (χ2v) is 10.2. The third-order valence-electron chi connectivity index (χ3n) is 5.97. The first-order chi connectivity index (χ1) is 14.7. The number of piperidine rings is 1. The number of hydrogen-bond acceptors (Lipinski definition) is 4. The Morgan fingerprint density at radius 3 is 2.45 bits per heavy atom. The van der Waals surface area contributed by atoms with Crippen molar-refractivity contribution in [2.75, 3.05) is 31.0 Å². The van der Waals surface area contributed by atoms with E-state index in [0.717, 1.165) is 37.1 Å². The van der Waals surface area contributed by atoms with Crippen LogP contribution in [0.25, 0.3) is 0 Å². The van der Waals surface area contributed by atoms with Crippen LogP contribution in [0, 0.1) is 19.8 Å². The molecular weight excluding hydrogens is 412 g/mol. The molecule has 7 heteroatoms. The van der Waals surface area contributed by atoms with Crippen LogP contribution in [0.2, 0.25) is 0 Å². The number of aryl methyl sites for hydroxylation is 2. The summed E-state index contributed by atoms with van der Waals surface area (Å²) in [5.74, 6) is 1.13. The van der Waals surface area contributed by atoms with Gasteiger partial charge in [-0.1, -0.05) is 13.0 Å². The Balaban J connectivity index is 1.88. The lowest BCUT2D eigenvalue weighted by atomic mass is 10.00. The van der Waals surface area contributed by atoms with Crippen molar-refractivity contribution in [3.63, 3.8) is 0 Å². The molecule has 1 atom stereocenters. The zero-order chi connectivity index (χ0) is 22.6. The van der Waals surface area contributed by atoms with E-state index in [4.69, 9.17) is 4.74 Å². The highest BCUT2D eigenvalue weighted by atomic mass is 32.2. The summed E-state index contributed by atoms with van der Waals surface area (Å²) < 4.78 is 33.7. The topological polar surface area (TPSA) is 66.9 Å². The molecule has 1 unspecified atom stereocenters. The molecule has 0 bridgehead atoms. The molecule has 1 amide bonds. The molecule has 0 spiro atoms. The molecule has 2 aromatic carbocycles. The SMILES string of the molecule is COc1ccc(N(CCC(=O)N2CCCC(C)C2)S(=O)(=O)c2ccc(C)c(C)c2)cc1. The van der Waals surface area contributed by atoms with Crippen LogP contribution in [0.3, 0.4) is 0 Å². The molecule has 1 heterocycles. The Kier molecular flexibility index (Phi) is 7.26. The summed E-state index contributed by atoms with van der Waals surface area (Å²) >= 11 is 0. The second-order valence-electron chi connectivity index (χ2n) is 8.36. The molecule has 6 nitrogen and oxygen atoms in total. The van der Waals surface area contributed by atoms with Crippen LogP contribution >= 0.6 is 0 Å². The van der Waals surface area contributed by atoms with Gasteiger partial charge in [0.25, 0.3) is 10.0 Å². The second kappa shape index (κ2) is 9.73. The van der Waals surface area contributed by atoms with Gasteiger partial charge in [0.15, 0.2) is 0 Å². The number of benzene rings is 2. The molecule has 1 aliphatic heterocycles. The van der Waals surface area contributed by atoms with E-state index in [-0.39, 0.29) is 23.8 Å². The molecule has 1 aliphatic rings. The van der Waals surface area contributed by atoms with Crippen molar-refractivity contribution in [2.24, 2.45) is 5.92 Å². The van der Waals surface area contributed by atoms with Gasteiger partial charge in [-0.3, -0.25) is 9.10 Å². The molecule has 31 heavy (non-hydrogen) atoms. The van der Waals surface area contributed by atoms with Crippen LogP contribution in [-0.2, 0) is 14.8 Å². The van der Waals surface area contributed by atoms with E-state index in [1.54, 1.807) is 43.5 Å². The quantitative estimate of drug-likeness (QED) is 0.643. The third-order valence-corrected chi connectivity index (χ3v) is 7.79. The number of anilines is 1. The van der Waals surface area contributed by atoms with Gasteiger partial charge in [0.05, 0.1) is 17.7 Å². The van der Waals surface area contributed by atoms with E-state index in [1.165, 1.54) is 4.31 Å². The molecule has 1 saturated heterocycles. The van der Waals surface area contributed by atoms with E-state index in [9.17, 15) is 13.2 Å². The molecular formula is C24H32N2O4S. The van der Waals surface area contributed by atoms with E-state index >= 15 is 0 Å². The van der Waals surface area contributed by atoms with Crippen molar-refractivity contribution in [3.05, 3.63) is 53.6 Å². The fraction of sp³-hybridized carbons (Fsp3) is 0.458. The Morgan fingerprint density at radius 1 is 1.13 bits per heavy atom. The van der Waals surface area contributed by atoms with Gasteiger partial charge in [-0.25, -0.2) is 8.42 Å². The Morgan fingerprint density at radius 2 is 1.84 bits per heavy atom. The molecule has 3 rings (SSSR count). The van der Waals surface area contributed by atoms with E-state index in [2.05, 4.69) is 6.92 Å². The van der Waals surface area contributed by atoms with Gasteiger partial charge < -0.3 is 9.64 Å². The molecule has 0 aromatic heterocycles. The number of amides is 1. The average molecular weight is 445 g/mol. The van der Waals surface area contributed by atoms with Crippen molar-refractivity contribution in [3.8, 4) is 5.75 Å². The summed E-state index contributed by atoms with van der Waals surface area (Å²) in [6.45, 7) is 7.57. The number of carbonyl (C=O) groups is 1. The van der Waals surface area contributed by atoms with Crippen LogP contribution in [-0.4, -0.2) is 46.0 Å². The third kappa shape index (κ3) is 5.39. The molecule has 168 valence electrons. The summed E-state index contributed by atoms with van der Waals surface area (Å²) in [6, 6.07) is 12.0. The Hall–Kier alpha value is -2.54. The van der Waals surface area contributed by atoms with Crippen molar-refractivity contribution in [1.82, 2.24) is 4.90 Å². The fourth-order valence-electron chi connectivity index (χ4n) is 3.91. The number of carbonyl (C=O) groups excluding carboxylic acids is 1. The van der Waals surface area contributed by atoms with Crippen LogP contribution < -0.4 is 9.04 Å². The number of nitrogens with zero attached hydrogens (tertiary/aromatic N) is 2. The lowest BCUT2D eigenvalue weighted by molar-refractivity contribution is -0.132. The lowest BCUT2D eigenvalue weighted by Gasteiger charge is -2.32. The predicted molar refractivity (Wildman–Crippen MR) is 123 cm³/mol. The standard InChI is InChI=1S/C24H32N2O4S/c1-18-6-5-14-25(17-18)24(27)13-15-26(21-8-10-22(30-4)11-9-21)31(28,29)23-12-7-19(2)20(3)16-23/h7-12,16,18H,5-6,13-15,17H2,1-4H3. The number of sulfonamides is 1. The monoisotopic (exact) mass is 444 g/mol.